The number of ether oxygens (including phenoxy) is 4. The molecule has 0 saturated heterocycles. The van der Waals surface area contributed by atoms with Crippen molar-refractivity contribution < 1.29 is 28.2 Å². The fraction of sp³-hybridized carbons (Fsp3) is 0.185. The highest BCUT2D eigenvalue weighted by molar-refractivity contribution is 5.97. The normalized spacial score (nSPS) is 18.0. The van der Waals surface area contributed by atoms with Crippen LogP contribution >= 0.6 is 0 Å². The number of anilines is 1. The van der Waals surface area contributed by atoms with Gasteiger partial charge in [0.2, 0.25) is 0 Å². The van der Waals surface area contributed by atoms with E-state index in [1.807, 2.05) is 18.2 Å². The number of fused-ring (bicyclic) bond motifs is 4. The molecular weight excluding hydrogens is 450 g/mol. The molecule has 176 valence electrons. The SMILES string of the molecule is COc1ccc(NC(=O)[C@H]2Oc3c(c(=O)oc4ccccc34)[C@H]2c2ccc3c(c2)OCCO3)cc1. The Morgan fingerprint density at radius 2 is 1.74 bits per heavy atom. The molecule has 0 aliphatic carbocycles. The summed E-state index contributed by atoms with van der Waals surface area (Å²) in [7, 11) is 1.57. The molecule has 4 aromatic rings. The van der Waals surface area contributed by atoms with E-state index in [4.69, 9.17) is 23.4 Å². The van der Waals surface area contributed by atoms with Gasteiger partial charge in [-0.3, -0.25) is 4.79 Å². The van der Waals surface area contributed by atoms with Crippen LogP contribution in [0.2, 0.25) is 0 Å². The molecule has 0 fully saturated rings. The van der Waals surface area contributed by atoms with Gasteiger partial charge in [-0.1, -0.05) is 18.2 Å². The fourth-order valence-corrected chi connectivity index (χ4v) is 4.56. The van der Waals surface area contributed by atoms with E-state index in [0.29, 0.717) is 64.0 Å². The summed E-state index contributed by atoms with van der Waals surface area (Å²) in [5, 5.41) is 3.52. The molecule has 0 saturated carbocycles. The summed E-state index contributed by atoms with van der Waals surface area (Å²) < 4.78 is 28.4. The Morgan fingerprint density at radius 1 is 0.971 bits per heavy atom. The van der Waals surface area contributed by atoms with Crippen molar-refractivity contribution in [3.63, 3.8) is 0 Å². The second-order valence-electron chi connectivity index (χ2n) is 8.27. The Labute approximate surface area is 200 Å². The summed E-state index contributed by atoms with van der Waals surface area (Å²) in [4.78, 5) is 26.6. The molecule has 0 radical (unpaired) electrons. The van der Waals surface area contributed by atoms with Crippen LogP contribution in [0.3, 0.4) is 0 Å². The van der Waals surface area contributed by atoms with Crippen LogP contribution in [0, 0.1) is 0 Å². The lowest BCUT2D eigenvalue weighted by atomic mass is 9.88. The minimum atomic E-state index is -1.01. The number of rotatable bonds is 4. The van der Waals surface area contributed by atoms with Gasteiger partial charge in [0.05, 0.1) is 24.0 Å². The first-order valence-electron chi connectivity index (χ1n) is 11.2. The largest absolute Gasteiger partial charge is 0.497 e. The van der Waals surface area contributed by atoms with Crippen molar-refractivity contribution in [3.8, 4) is 23.0 Å². The lowest BCUT2D eigenvalue weighted by Crippen LogP contribution is -2.35. The van der Waals surface area contributed by atoms with Crippen LogP contribution in [-0.4, -0.2) is 32.3 Å². The van der Waals surface area contributed by atoms with E-state index in [1.165, 1.54) is 0 Å². The standard InChI is InChI=1S/C27H21NO7/c1-31-17-9-7-16(8-10-17)28-26(29)25-22(15-6-11-20-21(14-15)33-13-12-32-20)23-24(35-25)18-4-2-3-5-19(18)34-27(23)30/h2-11,14,22,25H,12-13H2,1H3,(H,28,29)/t22-,25+/m1/s1. The zero-order valence-corrected chi connectivity index (χ0v) is 18.8. The van der Waals surface area contributed by atoms with E-state index in [2.05, 4.69) is 5.32 Å². The van der Waals surface area contributed by atoms with Crippen LogP contribution in [0.1, 0.15) is 17.0 Å². The van der Waals surface area contributed by atoms with Gasteiger partial charge in [-0.25, -0.2) is 4.79 Å². The number of carbonyl (C=O) groups is 1. The van der Waals surface area contributed by atoms with Crippen LogP contribution in [0.25, 0.3) is 11.0 Å². The molecule has 3 heterocycles. The first kappa shape index (κ1) is 21.1. The van der Waals surface area contributed by atoms with E-state index >= 15 is 0 Å². The summed E-state index contributed by atoms with van der Waals surface area (Å²) >= 11 is 0. The predicted molar refractivity (Wildman–Crippen MR) is 128 cm³/mol. The second-order valence-corrected chi connectivity index (χ2v) is 8.27. The Hall–Kier alpha value is -4.46. The molecule has 2 aliphatic heterocycles. The van der Waals surface area contributed by atoms with E-state index in [1.54, 1.807) is 55.6 Å². The predicted octanol–water partition coefficient (Wildman–Crippen LogP) is 4.10. The van der Waals surface area contributed by atoms with Crippen molar-refractivity contribution in [2.45, 2.75) is 12.0 Å². The molecule has 8 nitrogen and oxygen atoms in total. The van der Waals surface area contributed by atoms with Crippen molar-refractivity contribution >= 4 is 22.6 Å². The summed E-state index contributed by atoms with van der Waals surface area (Å²) in [5.74, 6) is 1.10. The molecule has 1 amide bonds. The molecule has 2 aliphatic rings. The highest BCUT2D eigenvalue weighted by Crippen LogP contribution is 2.46. The van der Waals surface area contributed by atoms with Gasteiger partial charge in [0.25, 0.3) is 5.91 Å². The zero-order chi connectivity index (χ0) is 23.9. The van der Waals surface area contributed by atoms with Gasteiger partial charge in [-0.05, 0) is 54.1 Å². The lowest BCUT2D eigenvalue weighted by molar-refractivity contribution is -0.122. The topological polar surface area (TPSA) is 96.2 Å². The average Bonchev–Trinajstić information content (AvgIpc) is 3.31. The minimum absolute atomic E-state index is 0.301. The van der Waals surface area contributed by atoms with Crippen molar-refractivity contribution in [1.82, 2.24) is 0 Å². The van der Waals surface area contributed by atoms with Crippen LogP contribution < -0.4 is 29.9 Å². The summed E-state index contributed by atoms with van der Waals surface area (Å²) in [5.41, 5.74) is 1.42. The molecule has 2 atom stereocenters. The molecule has 1 aromatic heterocycles. The number of benzene rings is 3. The van der Waals surface area contributed by atoms with E-state index in [-0.39, 0.29) is 0 Å². The van der Waals surface area contributed by atoms with Gasteiger partial charge in [0, 0.05) is 5.69 Å². The molecule has 0 bridgehead atoms. The maximum Gasteiger partial charge on any atom is 0.344 e. The van der Waals surface area contributed by atoms with E-state index in [9.17, 15) is 9.59 Å². The Balaban J connectivity index is 1.45. The molecule has 35 heavy (non-hydrogen) atoms. The number of carbonyl (C=O) groups excluding carboxylic acids is 1. The van der Waals surface area contributed by atoms with Gasteiger partial charge in [0.15, 0.2) is 17.6 Å². The van der Waals surface area contributed by atoms with E-state index < -0.39 is 23.6 Å². The highest BCUT2D eigenvalue weighted by Gasteiger charge is 2.44. The molecular formula is C27H21NO7. The number of hydrogen-bond acceptors (Lipinski definition) is 7. The van der Waals surface area contributed by atoms with Gasteiger partial charge in [0.1, 0.15) is 30.3 Å². The molecule has 0 spiro atoms. The minimum Gasteiger partial charge on any atom is -0.497 e. The van der Waals surface area contributed by atoms with Crippen molar-refractivity contribution in [3.05, 3.63) is 88.3 Å². The van der Waals surface area contributed by atoms with Gasteiger partial charge >= 0.3 is 5.63 Å². The monoisotopic (exact) mass is 471 g/mol. The maximum absolute atomic E-state index is 13.5. The van der Waals surface area contributed by atoms with Crippen LogP contribution in [0.4, 0.5) is 5.69 Å². The van der Waals surface area contributed by atoms with Crippen molar-refractivity contribution in [1.29, 1.82) is 0 Å². The van der Waals surface area contributed by atoms with E-state index in [0.717, 1.165) is 0 Å². The third-order valence-corrected chi connectivity index (χ3v) is 6.20. The zero-order valence-electron chi connectivity index (χ0n) is 18.8. The molecule has 3 aromatic carbocycles. The van der Waals surface area contributed by atoms with Crippen LogP contribution in [0.15, 0.2) is 75.9 Å². The van der Waals surface area contributed by atoms with Gasteiger partial charge < -0.3 is 28.7 Å². The highest BCUT2D eigenvalue weighted by atomic mass is 16.6. The first-order valence-corrected chi connectivity index (χ1v) is 11.2. The summed E-state index contributed by atoms with van der Waals surface area (Å²) in [6, 6.07) is 19.5. The van der Waals surface area contributed by atoms with Crippen molar-refractivity contribution in [2.75, 3.05) is 25.6 Å². The van der Waals surface area contributed by atoms with Crippen LogP contribution in [-0.2, 0) is 4.79 Å². The smallest absolute Gasteiger partial charge is 0.344 e. The molecule has 1 N–H and O–H groups in total. The Kier molecular flexibility index (Phi) is 5.06. The average molecular weight is 471 g/mol. The fourth-order valence-electron chi connectivity index (χ4n) is 4.56. The number of methoxy groups -OCH3 is 1. The summed E-state index contributed by atoms with van der Waals surface area (Å²) in [6.45, 7) is 0.882. The summed E-state index contributed by atoms with van der Waals surface area (Å²) in [6.07, 6.45) is -1.01. The van der Waals surface area contributed by atoms with Crippen molar-refractivity contribution in [2.24, 2.45) is 0 Å². The van der Waals surface area contributed by atoms with Crippen LogP contribution in [0.5, 0.6) is 23.0 Å². The second kappa shape index (κ2) is 8.39. The van der Waals surface area contributed by atoms with Gasteiger partial charge in [-0.2, -0.15) is 0 Å². The lowest BCUT2D eigenvalue weighted by Gasteiger charge is -2.22. The van der Waals surface area contributed by atoms with Gasteiger partial charge in [-0.15, -0.1) is 0 Å². The number of hydrogen-bond donors (Lipinski definition) is 1. The maximum atomic E-state index is 13.5. The number of nitrogens with one attached hydrogen (secondary N) is 1. The third-order valence-electron chi connectivity index (χ3n) is 6.20. The quantitative estimate of drug-likeness (QED) is 0.448. The Bertz CT molecular complexity index is 1490. The number of para-hydroxylation sites is 1. The molecule has 0 unspecified atom stereocenters. The first-order chi connectivity index (χ1) is 17.1. The molecule has 6 rings (SSSR count). The molecule has 8 heteroatoms. The number of amides is 1. The Morgan fingerprint density at radius 3 is 2.54 bits per heavy atom. The third kappa shape index (κ3) is 3.63.